The molecule has 8 heteroatoms. The number of hydrogen-bond donors (Lipinski definition) is 0. The van der Waals surface area contributed by atoms with Gasteiger partial charge in [0.1, 0.15) is 5.82 Å². The highest BCUT2D eigenvalue weighted by Crippen LogP contribution is 2.36. The van der Waals surface area contributed by atoms with Gasteiger partial charge < -0.3 is 4.52 Å². The summed E-state index contributed by atoms with van der Waals surface area (Å²) in [7, 11) is 0. The van der Waals surface area contributed by atoms with Gasteiger partial charge in [0.05, 0.1) is 11.3 Å². The molecule has 0 atom stereocenters. The average molecular weight is 384 g/mol. The molecule has 0 bridgehead atoms. The molecular weight excluding hydrogens is 363 g/mol. The fourth-order valence-electron chi connectivity index (χ4n) is 4.49. The van der Waals surface area contributed by atoms with Crippen molar-refractivity contribution in [3.63, 3.8) is 0 Å². The van der Waals surface area contributed by atoms with Crippen LogP contribution in [0.15, 0.2) is 32.0 Å². The normalized spacial score (nSPS) is 18.3. The zero-order valence-electron chi connectivity index (χ0n) is 15.4. The minimum absolute atomic E-state index is 0.124. The first-order valence-corrected chi connectivity index (χ1v) is 9.93. The first kappa shape index (κ1) is 17.3. The number of nitrogens with zero attached hydrogens (tertiary/aromatic N) is 4. The van der Waals surface area contributed by atoms with E-state index in [1.54, 1.807) is 6.07 Å². The quantitative estimate of drug-likeness (QED) is 0.665. The summed E-state index contributed by atoms with van der Waals surface area (Å²) in [6, 6.07) is 4.19. The maximum Gasteiger partial charge on any atom is 0.446 e. The molecule has 7 nitrogen and oxygen atoms in total. The molecule has 28 heavy (non-hydrogen) atoms. The second-order valence-corrected chi connectivity index (χ2v) is 7.72. The Morgan fingerprint density at radius 2 is 1.68 bits per heavy atom. The molecular formula is C20H21FN4O3. The van der Waals surface area contributed by atoms with E-state index in [0.29, 0.717) is 28.8 Å². The summed E-state index contributed by atoms with van der Waals surface area (Å²) in [4.78, 5) is 17.0. The van der Waals surface area contributed by atoms with Crippen LogP contribution in [0.25, 0.3) is 17.1 Å². The molecule has 2 aliphatic rings. The Kier molecular flexibility index (Phi) is 4.33. The van der Waals surface area contributed by atoms with Crippen LogP contribution < -0.4 is 5.76 Å². The molecule has 0 unspecified atom stereocenters. The lowest BCUT2D eigenvalue weighted by Crippen LogP contribution is -2.17. The van der Waals surface area contributed by atoms with Gasteiger partial charge in [0.25, 0.3) is 5.89 Å². The molecule has 0 amide bonds. The summed E-state index contributed by atoms with van der Waals surface area (Å²) in [5, 5.41) is 8.13. The molecule has 0 N–H and O–H groups in total. The van der Waals surface area contributed by atoms with Gasteiger partial charge in [-0.3, -0.25) is 4.52 Å². The Balaban J connectivity index is 1.61. The van der Waals surface area contributed by atoms with Crippen LogP contribution in [0.3, 0.4) is 0 Å². The Hall–Kier alpha value is -2.77. The van der Waals surface area contributed by atoms with E-state index in [1.807, 2.05) is 0 Å². The van der Waals surface area contributed by atoms with E-state index >= 15 is 0 Å². The monoisotopic (exact) mass is 384 g/mol. The van der Waals surface area contributed by atoms with Gasteiger partial charge in [-0.2, -0.15) is 4.98 Å². The number of halogens is 1. The van der Waals surface area contributed by atoms with E-state index in [9.17, 15) is 9.18 Å². The third-order valence-electron chi connectivity index (χ3n) is 5.94. The fraction of sp³-hybridized carbons (Fsp3) is 0.500. The third-order valence-corrected chi connectivity index (χ3v) is 5.94. The minimum atomic E-state index is -0.635. The van der Waals surface area contributed by atoms with Gasteiger partial charge in [0.2, 0.25) is 0 Å². The minimum Gasteiger partial charge on any atom is -0.334 e. The van der Waals surface area contributed by atoms with Gasteiger partial charge in [0, 0.05) is 11.8 Å². The average Bonchev–Trinajstić information content (AvgIpc) is 3.46. The molecule has 2 fully saturated rings. The van der Waals surface area contributed by atoms with E-state index in [-0.39, 0.29) is 11.8 Å². The van der Waals surface area contributed by atoms with Crippen LogP contribution in [0, 0.1) is 5.82 Å². The van der Waals surface area contributed by atoms with Crippen LogP contribution in [0.1, 0.15) is 74.9 Å². The van der Waals surface area contributed by atoms with Crippen molar-refractivity contribution in [3.8, 4) is 17.1 Å². The second-order valence-electron chi connectivity index (χ2n) is 7.72. The molecule has 146 valence electrons. The van der Waals surface area contributed by atoms with Crippen molar-refractivity contribution in [2.45, 2.75) is 63.2 Å². The predicted molar refractivity (Wildman–Crippen MR) is 97.8 cm³/mol. The van der Waals surface area contributed by atoms with Gasteiger partial charge in [0.15, 0.2) is 11.6 Å². The largest absolute Gasteiger partial charge is 0.446 e. The molecule has 2 saturated carbocycles. The van der Waals surface area contributed by atoms with Crippen molar-refractivity contribution in [2.75, 3.05) is 0 Å². The summed E-state index contributed by atoms with van der Waals surface area (Å²) in [6.07, 6.45) is 8.45. The molecule has 0 spiro atoms. The fourth-order valence-corrected chi connectivity index (χ4v) is 4.49. The first-order chi connectivity index (χ1) is 13.7. The third kappa shape index (κ3) is 2.96. The van der Waals surface area contributed by atoms with Gasteiger partial charge in [-0.15, -0.1) is 0 Å². The molecule has 0 radical (unpaired) electrons. The van der Waals surface area contributed by atoms with Crippen molar-refractivity contribution in [1.82, 2.24) is 19.9 Å². The van der Waals surface area contributed by atoms with Crippen LogP contribution in [0.2, 0.25) is 0 Å². The molecule has 0 saturated heterocycles. The molecule has 2 aliphatic carbocycles. The van der Waals surface area contributed by atoms with Crippen molar-refractivity contribution >= 4 is 0 Å². The number of hydrogen-bond acceptors (Lipinski definition) is 6. The lowest BCUT2D eigenvalue weighted by Gasteiger charge is -2.12. The topological polar surface area (TPSA) is 87.0 Å². The highest BCUT2D eigenvalue weighted by atomic mass is 19.1. The van der Waals surface area contributed by atoms with Crippen LogP contribution in [0.4, 0.5) is 4.39 Å². The second kappa shape index (κ2) is 7.00. The Morgan fingerprint density at radius 3 is 2.43 bits per heavy atom. The lowest BCUT2D eigenvalue weighted by atomic mass is 10.1. The van der Waals surface area contributed by atoms with Crippen LogP contribution in [-0.2, 0) is 0 Å². The Labute approximate surface area is 160 Å². The van der Waals surface area contributed by atoms with Crippen molar-refractivity contribution in [2.24, 2.45) is 0 Å². The van der Waals surface area contributed by atoms with Crippen LogP contribution >= 0.6 is 0 Å². The van der Waals surface area contributed by atoms with Gasteiger partial charge in [-0.05, 0) is 43.9 Å². The van der Waals surface area contributed by atoms with Gasteiger partial charge in [-0.1, -0.05) is 36.0 Å². The van der Waals surface area contributed by atoms with E-state index in [4.69, 9.17) is 9.05 Å². The Morgan fingerprint density at radius 1 is 0.964 bits per heavy atom. The van der Waals surface area contributed by atoms with E-state index in [1.165, 1.54) is 16.7 Å². The highest BCUT2D eigenvalue weighted by molar-refractivity contribution is 5.66. The Bertz CT molecular complexity index is 1040. The molecule has 2 aromatic heterocycles. The SMILES string of the molecule is O=c1onc(C2CCCC2)n1-c1cc(F)ccc1-c1nc(C2CCCC2)no1. The van der Waals surface area contributed by atoms with Gasteiger partial charge in [-0.25, -0.2) is 13.8 Å². The van der Waals surface area contributed by atoms with Gasteiger partial charge >= 0.3 is 5.76 Å². The van der Waals surface area contributed by atoms with E-state index in [2.05, 4.69) is 15.3 Å². The van der Waals surface area contributed by atoms with Crippen molar-refractivity contribution in [3.05, 3.63) is 46.2 Å². The van der Waals surface area contributed by atoms with Crippen LogP contribution in [-0.4, -0.2) is 19.9 Å². The summed E-state index contributed by atoms with van der Waals surface area (Å²) in [5.41, 5.74) is 0.831. The number of aromatic nitrogens is 4. The van der Waals surface area contributed by atoms with Crippen LogP contribution in [0.5, 0.6) is 0 Å². The summed E-state index contributed by atoms with van der Waals surface area (Å²) < 4.78 is 25.9. The van der Waals surface area contributed by atoms with Crippen molar-refractivity contribution in [1.29, 1.82) is 0 Å². The maximum atomic E-state index is 14.1. The van der Waals surface area contributed by atoms with Crippen molar-refractivity contribution < 1.29 is 13.4 Å². The molecule has 0 aliphatic heterocycles. The molecule has 2 heterocycles. The summed E-state index contributed by atoms with van der Waals surface area (Å²) >= 11 is 0. The molecule has 3 aromatic rings. The predicted octanol–water partition coefficient (Wildman–Crippen LogP) is 4.33. The summed E-state index contributed by atoms with van der Waals surface area (Å²) in [5.74, 6) is 0.820. The number of benzene rings is 1. The standard InChI is InChI=1S/C20H21FN4O3/c21-14-9-10-15(19-22-17(23-27-19)12-5-1-2-6-12)16(11-14)25-18(24-28-20(25)26)13-7-3-4-8-13/h9-13H,1-8H2. The van der Waals surface area contributed by atoms with E-state index < -0.39 is 11.6 Å². The lowest BCUT2D eigenvalue weighted by molar-refractivity contribution is 0.375. The van der Waals surface area contributed by atoms with E-state index in [0.717, 1.165) is 51.4 Å². The zero-order chi connectivity index (χ0) is 19.1. The zero-order valence-corrected chi connectivity index (χ0v) is 15.4. The first-order valence-electron chi connectivity index (χ1n) is 9.93. The maximum absolute atomic E-state index is 14.1. The highest BCUT2D eigenvalue weighted by Gasteiger charge is 2.28. The summed E-state index contributed by atoms with van der Waals surface area (Å²) in [6.45, 7) is 0. The molecule has 5 rings (SSSR count). The smallest absolute Gasteiger partial charge is 0.334 e. The number of rotatable bonds is 4. The molecule has 1 aromatic carbocycles.